The lowest BCUT2D eigenvalue weighted by Crippen LogP contribution is -2.31. The van der Waals surface area contributed by atoms with E-state index >= 15 is 0 Å². The molecule has 3 heterocycles. The van der Waals surface area contributed by atoms with E-state index in [1.165, 1.54) is 0 Å². The molecule has 0 saturated carbocycles. The monoisotopic (exact) mass is 468 g/mol. The Labute approximate surface area is 202 Å². The van der Waals surface area contributed by atoms with Gasteiger partial charge in [0.15, 0.2) is 0 Å². The van der Waals surface area contributed by atoms with Crippen molar-refractivity contribution >= 4 is 34.8 Å². The summed E-state index contributed by atoms with van der Waals surface area (Å²) in [5.74, 6) is 1.43. The van der Waals surface area contributed by atoms with Gasteiger partial charge in [-0.2, -0.15) is 10.4 Å². The van der Waals surface area contributed by atoms with Gasteiger partial charge in [0.1, 0.15) is 17.7 Å². The van der Waals surface area contributed by atoms with Gasteiger partial charge in [-0.05, 0) is 59.0 Å². The predicted octanol–water partition coefficient (Wildman–Crippen LogP) is 4.88. The van der Waals surface area contributed by atoms with Crippen molar-refractivity contribution in [2.45, 2.75) is 12.8 Å². The van der Waals surface area contributed by atoms with Crippen LogP contribution in [0.1, 0.15) is 16.7 Å². The Bertz CT molecular complexity index is 1440. The van der Waals surface area contributed by atoms with Gasteiger partial charge in [0.05, 0.1) is 23.9 Å². The van der Waals surface area contributed by atoms with Crippen LogP contribution in [0.3, 0.4) is 0 Å². The van der Waals surface area contributed by atoms with Crippen LogP contribution in [-0.4, -0.2) is 27.2 Å². The van der Waals surface area contributed by atoms with Crippen LogP contribution >= 0.6 is 11.6 Å². The first-order chi connectivity index (χ1) is 16.5. The molecule has 0 atom stereocenters. The van der Waals surface area contributed by atoms with E-state index in [2.05, 4.69) is 27.5 Å². The summed E-state index contributed by atoms with van der Waals surface area (Å²) in [5, 5.41) is 17.9. The van der Waals surface area contributed by atoms with Crippen LogP contribution in [-0.2, 0) is 24.7 Å². The third kappa shape index (κ3) is 4.12. The number of anilines is 3. The number of carbonyl (C=O) groups excluding carboxylic acids is 1. The van der Waals surface area contributed by atoms with Crippen molar-refractivity contribution in [2.24, 2.45) is 7.05 Å². The molecule has 0 unspecified atom stereocenters. The molecule has 0 radical (unpaired) electrons. The molecule has 0 saturated heterocycles. The minimum atomic E-state index is -0.0670. The van der Waals surface area contributed by atoms with Crippen molar-refractivity contribution in [1.82, 2.24) is 14.8 Å². The maximum absolute atomic E-state index is 13.1. The van der Waals surface area contributed by atoms with E-state index in [4.69, 9.17) is 11.6 Å². The maximum atomic E-state index is 13.1. The number of amides is 1. The van der Waals surface area contributed by atoms with E-state index in [-0.39, 0.29) is 12.3 Å². The standard InChI is InChI=1S/C26H21ClN6O/c1-32-24(7-10-30-32)31-23-14-17(6-9-29-23)20-12-19-8-11-33(26(19)21(13-20)16-28)25(34)15-18-4-2-3-5-22(18)27/h2-7,9-10,12-14H,8,11,15H2,1H3,(H,29,31). The van der Waals surface area contributed by atoms with Crippen LogP contribution in [0.15, 0.2) is 67.0 Å². The second-order valence-electron chi connectivity index (χ2n) is 8.10. The first-order valence-electron chi connectivity index (χ1n) is 10.9. The Morgan fingerprint density at radius 1 is 1.15 bits per heavy atom. The van der Waals surface area contributed by atoms with Gasteiger partial charge in [-0.1, -0.05) is 29.8 Å². The number of nitrogens with one attached hydrogen (secondary N) is 1. The molecule has 2 aromatic carbocycles. The Hall–Kier alpha value is -4.15. The summed E-state index contributed by atoms with van der Waals surface area (Å²) in [6.45, 7) is 0.542. The summed E-state index contributed by atoms with van der Waals surface area (Å²) in [6, 6.07) is 19.2. The van der Waals surface area contributed by atoms with E-state index in [0.717, 1.165) is 28.1 Å². The summed E-state index contributed by atoms with van der Waals surface area (Å²) in [4.78, 5) is 19.2. The molecule has 1 amide bonds. The number of benzene rings is 2. The SMILES string of the molecule is Cn1nccc1Nc1cc(-c2cc(C#N)c3c(c2)CCN3C(=O)Cc2ccccc2Cl)ccn1. The molecule has 0 spiro atoms. The number of nitriles is 1. The van der Waals surface area contributed by atoms with Crippen molar-refractivity contribution < 1.29 is 4.79 Å². The summed E-state index contributed by atoms with van der Waals surface area (Å²) in [6.07, 6.45) is 4.33. The number of rotatable bonds is 5. The summed E-state index contributed by atoms with van der Waals surface area (Å²) < 4.78 is 1.73. The highest BCUT2D eigenvalue weighted by Crippen LogP contribution is 2.37. The molecule has 5 rings (SSSR count). The van der Waals surface area contributed by atoms with Gasteiger partial charge in [-0.25, -0.2) is 4.98 Å². The largest absolute Gasteiger partial charge is 0.325 e. The number of aromatic nitrogens is 3. The number of hydrogen-bond donors (Lipinski definition) is 1. The summed E-state index contributed by atoms with van der Waals surface area (Å²) >= 11 is 6.25. The van der Waals surface area contributed by atoms with Gasteiger partial charge in [-0.3, -0.25) is 9.48 Å². The predicted molar refractivity (Wildman–Crippen MR) is 132 cm³/mol. The second kappa shape index (κ2) is 9.00. The normalized spacial score (nSPS) is 12.3. The van der Waals surface area contributed by atoms with E-state index in [9.17, 15) is 10.1 Å². The van der Waals surface area contributed by atoms with Crippen LogP contribution in [0, 0.1) is 11.3 Å². The molecular weight excluding hydrogens is 448 g/mol. The number of nitrogens with zero attached hydrogens (tertiary/aromatic N) is 5. The van der Waals surface area contributed by atoms with Gasteiger partial charge in [0, 0.05) is 30.9 Å². The topological polar surface area (TPSA) is 86.8 Å². The second-order valence-corrected chi connectivity index (χ2v) is 8.51. The molecule has 7 nitrogen and oxygen atoms in total. The number of aryl methyl sites for hydroxylation is 1. The van der Waals surface area contributed by atoms with Gasteiger partial charge in [-0.15, -0.1) is 0 Å². The van der Waals surface area contributed by atoms with E-state index in [0.29, 0.717) is 35.1 Å². The van der Waals surface area contributed by atoms with Crippen LogP contribution < -0.4 is 10.2 Å². The molecule has 168 valence electrons. The average molecular weight is 469 g/mol. The number of carbonyl (C=O) groups is 1. The fourth-order valence-electron chi connectivity index (χ4n) is 4.26. The van der Waals surface area contributed by atoms with Crippen LogP contribution in [0.2, 0.25) is 5.02 Å². The summed E-state index contributed by atoms with van der Waals surface area (Å²) in [5.41, 5.74) is 4.79. The van der Waals surface area contributed by atoms with Crippen molar-refractivity contribution in [1.29, 1.82) is 5.26 Å². The van der Waals surface area contributed by atoms with E-state index < -0.39 is 0 Å². The molecule has 34 heavy (non-hydrogen) atoms. The molecule has 4 aromatic rings. The lowest BCUT2D eigenvalue weighted by atomic mass is 9.98. The molecule has 1 N–H and O–H groups in total. The fourth-order valence-corrected chi connectivity index (χ4v) is 4.46. The van der Waals surface area contributed by atoms with Gasteiger partial charge < -0.3 is 10.2 Å². The van der Waals surface area contributed by atoms with Gasteiger partial charge in [0.2, 0.25) is 5.91 Å². The molecule has 2 aromatic heterocycles. The number of hydrogen-bond acceptors (Lipinski definition) is 5. The number of fused-ring (bicyclic) bond motifs is 1. The number of halogens is 1. The van der Waals surface area contributed by atoms with Crippen LogP contribution in [0.4, 0.5) is 17.3 Å². The molecule has 0 bridgehead atoms. The van der Waals surface area contributed by atoms with Crippen molar-refractivity contribution in [2.75, 3.05) is 16.8 Å². The molecule has 1 aliphatic rings. The molecular formula is C26H21ClN6O. The summed E-state index contributed by atoms with van der Waals surface area (Å²) in [7, 11) is 1.85. The molecule has 8 heteroatoms. The van der Waals surface area contributed by atoms with E-state index in [1.807, 2.05) is 49.5 Å². The molecule has 1 aliphatic heterocycles. The van der Waals surface area contributed by atoms with Crippen LogP contribution in [0.5, 0.6) is 0 Å². The van der Waals surface area contributed by atoms with Crippen molar-refractivity contribution in [3.63, 3.8) is 0 Å². The third-order valence-electron chi connectivity index (χ3n) is 5.95. The van der Waals surface area contributed by atoms with Crippen LogP contribution in [0.25, 0.3) is 11.1 Å². The number of pyridine rings is 1. The minimum Gasteiger partial charge on any atom is -0.325 e. The molecule has 0 fully saturated rings. The van der Waals surface area contributed by atoms with Gasteiger partial charge >= 0.3 is 0 Å². The highest BCUT2D eigenvalue weighted by Gasteiger charge is 2.28. The lowest BCUT2D eigenvalue weighted by Gasteiger charge is -2.19. The molecule has 0 aliphatic carbocycles. The van der Waals surface area contributed by atoms with Gasteiger partial charge in [0.25, 0.3) is 0 Å². The Morgan fingerprint density at radius 3 is 2.76 bits per heavy atom. The average Bonchev–Trinajstić information content (AvgIpc) is 3.46. The zero-order valence-electron chi connectivity index (χ0n) is 18.5. The zero-order valence-corrected chi connectivity index (χ0v) is 19.3. The lowest BCUT2D eigenvalue weighted by molar-refractivity contribution is -0.117. The third-order valence-corrected chi connectivity index (χ3v) is 6.32. The Kier molecular flexibility index (Phi) is 5.74. The maximum Gasteiger partial charge on any atom is 0.231 e. The smallest absolute Gasteiger partial charge is 0.231 e. The van der Waals surface area contributed by atoms with Crippen molar-refractivity contribution in [3.8, 4) is 17.2 Å². The zero-order chi connectivity index (χ0) is 23.7. The minimum absolute atomic E-state index is 0.0670. The first-order valence-corrected chi connectivity index (χ1v) is 11.2. The quantitative estimate of drug-likeness (QED) is 0.451. The Balaban J connectivity index is 1.44. The highest BCUT2D eigenvalue weighted by atomic mass is 35.5. The first kappa shape index (κ1) is 21.7. The Morgan fingerprint density at radius 2 is 2.00 bits per heavy atom. The van der Waals surface area contributed by atoms with Crippen molar-refractivity contribution in [3.05, 3.63) is 88.7 Å². The van der Waals surface area contributed by atoms with E-state index in [1.54, 1.807) is 28.0 Å². The highest BCUT2D eigenvalue weighted by molar-refractivity contribution is 6.31. The fraction of sp³-hybridized carbons (Fsp3) is 0.154.